The molecule has 0 unspecified atom stereocenters. The number of pyridine rings is 1. The Morgan fingerprint density at radius 3 is 2.73 bits per heavy atom. The van der Waals surface area contributed by atoms with E-state index in [1.807, 2.05) is 26.0 Å². The maximum Gasteiger partial charge on any atom is 0.291 e. The molecule has 0 spiro atoms. The summed E-state index contributed by atoms with van der Waals surface area (Å²) in [5.41, 5.74) is 11.5. The lowest BCUT2D eigenvalue weighted by Gasteiger charge is -2.19. The van der Waals surface area contributed by atoms with Crippen LogP contribution in [0.5, 0.6) is 0 Å². The van der Waals surface area contributed by atoms with E-state index < -0.39 is 0 Å². The Morgan fingerprint density at radius 1 is 1.18 bits per heavy atom. The van der Waals surface area contributed by atoms with Crippen molar-refractivity contribution in [1.82, 2.24) is 19.9 Å². The highest BCUT2D eigenvalue weighted by molar-refractivity contribution is 6.04. The highest BCUT2D eigenvalue weighted by Crippen LogP contribution is 2.29. The number of hydrogen-bond acceptors (Lipinski definition) is 6. The van der Waals surface area contributed by atoms with E-state index in [1.165, 1.54) is 12.8 Å². The normalized spacial score (nSPS) is 15.0. The second-order valence-electron chi connectivity index (χ2n) is 8.68. The number of amides is 2. The Kier molecular flexibility index (Phi) is 5.24. The Morgan fingerprint density at radius 2 is 1.97 bits per heavy atom. The van der Waals surface area contributed by atoms with Crippen molar-refractivity contribution in [2.24, 2.45) is 0 Å². The standard InChI is InChI=1S/C24H27N7O2/c1-14-9-21(25)27-15(2)18(14)11-26-23(32)20-13-31-12-16-5-6-17(30-7-3-4-8-30)10-19(16)29-24(33)22(31)28-20/h5-6,9-10,13H,3-4,7-8,11-12H2,1-2H3,(H2,25,27)(H,26,32)(H,29,33). The van der Waals surface area contributed by atoms with E-state index in [0.717, 1.165) is 46.8 Å². The van der Waals surface area contributed by atoms with Crippen LogP contribution in [0.25, 0.3) is 0 Å². The summed E-state index contributed by atoms with van der Waals surface area (Å²) in [5.74, 6) is 0.0155. The molecule has 2 aliphatic heterocycles. The molecular formula is C24H27N7O2. The van der Waals surface area contributed by atoms with Gasteiger partial charge in [-0.2, -0.15) is 0 Å². The molecule has 0 aliphatic carbocycles. The first-order valence-electron chi connectivity index (χ1n) is 11.2. The molecule has 0 atom stereocenters. The van der Waals surface area contributed by atoms with Crippen LogP contribution in [0.15, 0.2) is 30.5 Å². The SMILES string of the molecule is Cc1cc(N)nc(C)c1CNC(=O)c1cn2c(n1)C(=O)Nc1cc(N3CCCC3)ccc1C2. The third kappa shape index (κ3) is 4.02. The largest absolute Gasteiger partial charge is 0.384 e. The molecule has 5 rings (SSSR count). The van der Waals surface area contributed by atoms with Crippen LogP contribution in [0.1, 0.15) is 56.3 Å². The number of hydrogen-bond donors (Lipinski definition) is 3. The van der Waals surface area contributed by atoms with Crippen LogP contribution in [-0.2, 0) is 13.1 Å². The van der Waals surface area contributed by atoms with Gasteiger partial charge in [-0.05, 0) is 61.6 Å². The molecule has 0 radical (unpaired) electrons. The number of aromatic nitrogens is 3. The number of nitrogens with one attached hydrogen (secondary N) is 2. The van der Waals surface area contributed by atoms with E-state index >= 15 is 0 Å². The average molecular weight is 446 g/mol. The minimum atomic E-state index is -0.344. The van der Waals surface area contributed by atoms with Crippen molar-refractivity contribution in [1.29, 1.82) is 0 Å². The summed E-state index contributed by atoms with van der Waals surface area (Å²) in [6.07, 6.45) is 4.02. The van der Waals surface area contributed by atoms with Crippen LogP contribution in [-0.4, -0.2) is 39.4 Å². The number of nitrogens with two attached hydrogens (primary N) is 1. The number of nitrogens with zero attached hydrogens (tertiary/aromatic N) is 4. The maximum absolute atomic E-state index is 12.9. The second kappa shape index (κ2) is 8.23. The molecule has 9 nitrogen and oxygen atoms in total. The molecule has 33 heavy (non-hydrogen) atoms. The summed E-state index contributed by atoms with van der Waals surface area (Å²) in [5, 5.41) is 5.85. The van der Waals surface area contributed by atoms with Gasteiger partial charge in [0.05, 0.1) is 6.54 Å². The smallest absolute Gasteiger partial charge is 0.291 e. The van der Waals surface area contributed by atoms with Gasteiger partial charge in [-0.25, -0.2) is 9.97 Å². The summed E-state index contributed by atoms with van der Waals surface area (Å²) in [7, 11) is 0. The zero-order valence-electron chi connectivity index (χ0n) is 18.8. The van der Waals surface area contributed by atoms with Crippen LogP contribution >= 0.6 is 0 Å². The minimum Gasteiger partial charge on any atom is -0.384 e. The van der Waals surface area contributed by atoms with Gasteiger partial charge in [-0.3, -0.25) is 9.59 Å². The zero-order chi connectivity index (χ0) is 23.1. The van der Waals surface area contributed by atoms with E-state index in [0.29, 0.717) is 18.9 Å². The predicted molar refractivity (Wildman–Crippen MR) is 126 cm³/mol. The molecule has 4 heterocycles. The number of rotatable bonds is 4. The first-order valence-corrected chi connectivity index (χ1v) is 11.2. The summed E-state index contributed by atoms with van der Waals surface area (Å²) < 4.78 is 1.73. The van der Waals surface area contributed by atoms with E-state index in [2.05, 4.69) is 31.6 Å². The fraction of sp³-hybridized carbons (Fsp3) is 0.333. The van der Waals surface area contributed by atoms with Gasteiger partial charge in [0.2, 0.25) is 0 Å². The van der Waals surface area contributed by atoms with E-state index in [4.69, 9.17) is 5.73 Å². The predicted octanol–water partition coefficient (Wildman–Crippen LogP) is 2.62. The quantitative estimate of drug-likeness (QED) is 0.568. The van der Waals surface area contributed by atoms with Crippen LogP contribution < -0.4 is 21.3 Å². The fourth-order valence-electron chi connectivity index (χ4n) is 4.59. The zero-order valence-corrected chi connectivity index (χ0v) is 18.8. The summed E-state index contributed by atoms with van der Waals surface area (Å²) in [6, 6.07) is 7.95. The number of aryl methyl sites for hydroxylation is 2. The minimum absolute atomic E-state index is 0.205. The first kappa shape index (κ1) is 21.0. The number of benzene rings is 1. The molecular weight excluding hydrogens is 418 g/mol. The lowest BCUT2D eigenvalue weighted by molar-refractivity contribution is 0.0946. The highest BCUT2D eigenvalue weighted by atomic mass is 16.2. The van der Waals surface area contributed by atoms with Crippen molar-refractivity contribution in [2.75, 3.05) is 29.0 Å². The Hall–Kier alpha value is -3.88. The van der Waals surface area contributed by atoms with Crippen LogP contribution in [0.4, 0.5) is 17.2 Å². The van der Waals surface area contributed by atoms with Gasteiger partial charge >= 0.3 is 0 Å². The Labute approximate surface area is 192 Å². The first-order chi connectivity index (χ1) is 15.9. The van der Waals surface area contributed by atoms with Crippen molar-refractivity contribution in [3.05, 3.63) is 64.4 Å². The number of anilines is 3. The van der Waals surface area contributed by atoms with Crippen LogP contribution in [0, 0.1) is 13.8 Å². The lowest BCUT2D eigenvalue weighted by Crippen LogP contribution is -2.24. The summed E-state index contributed by atoms with van der Waals surface area (Å²) >= 11 is 0. The highest BCUT2D eigenvalue weighted by Gasteiger charge is 2.25. The molecule has 2 aromatic heterocycles. The molecule has 0 bridgehead atoms. The summed E-state index contributed by atoms with van der Waals surface area (Å²) in [6.45, 7) is 6.64. The number of nitrogen functional groups attached to an aromatic ring is 1. The molecule has 1 aromatic carbocycles. The van der Waals surface area contributed by atoms with Crippen molar-refractivity contribution in [2.45, 2.75) is 39.8 Å². The van der Waals surface area contributed by atoms with E-state index in [9.17, 15) is 9.59 Å². The summed E-state index contributed by atoms with van der Waals surface area (Å²) in [4.78, 5) is 36.6. The van der Waals surface area contributed by atoms with Gasteiger partial charge in [0.25, 0.3) is 11.8 Å². The number of imidazole rings is 1. The van der Waals surface area contributed by atoms with Gasteiger partial charge in [0, 0.05) is 42.9 Å². The molecule has 170 valence electrons. The Balaban J connectivity index is 1.34. The van der Waals surface area contributed by atoms with E-state index in [-0.39, 0.29) is 23.3 Å². The van der Waals surface area contributed by atoms with Gasteiger partial charge in [-0.1, -0.05) is 6.07 Å². The average Bonchev–Trinajstić information content (AvgIpc) is 3.42. The topological polar surface area (TPSA) is 118 Å². The van der Waals surface area contributed by atoms with Crippen LogP contribution in [0.3, 0.4) is 0 Å². The third-order valence-corrected chi connectivity index (χ3v) is 6.37. The number of carbonyl (C=O) groups is 2. The molecule has 3 aromatic rings. The lowest BCUT2D eigenvalue weighted by atomic mass is 10.1. The van der Waals surface area contributed by atoms with Crippen molar-refractivity contribution < 1.29 is 9.59 Å². The third-order valence-electron chi connectivity index (χ3n) is 6.37. The van der Waals surface area contributed by atoms with Crippen LogP contribution in [0.2, 0.25) is 0 Å². The van der Waals surface area contributed by atoms with Gasteiger partial charge in [0.15, 0.2) is 5.82 Å². The van der Waals surface area contributed by atoms with Crippen molar-refractivity contribution in [3.63, 3.8) is 0 Å². The molecule has 1 saturated heterocycles. The van der Waals surface area contributed by atoms with E-state index in [1.54, 1.807) is 16.8 Å². The fourth-order valence-corrected chi connectivity index (χ4v) is 4.59. The Bertz CT molecular complexity index is 1230. The molecule has 0 saturated carbocycles. The molecule has 2 amide bonds. The molecule has 9 heteroatoms. The van der Waals surface area contributed by atoms with Crippen molar-refractivity contribution in [3.8, 4) is 0 Å². The second-order valence-corrected chi connectivity index (χ2v) is 8.68. The monoisotopic (exact) mass is 445 g/mol. The number of fused-ring (bicyclic) bond motifs is 2. The van der Waals surface area contributed by atoms with Gasteiger partial charge in [0.1, 0.15) is 11.5 Å². The van der Waals surface area contributed by atoms with Crippen molar-refractivity contribution >= 4 is 29.0 Å². The van der Waals surface area contributed by atoms with Gasteiger partial charge < -0.3 is 25.8 Å². The number of carbonyl (C=O) groups excluding carboxylic acids is 2. The molecule has 4 N–H and O–H groups in total. The molecule has 2 aliphatic rings. The molecule has 1 fully saturated rings. The maximum atomic E-state index is 12.9. The van der Waals surface area contributed by atoms with Gasteiger partial charge in [-0.15, -0.1) is 0 Å².